The van der Waals surface area contributed by atoms with Crippen molar-refractivity contribution in [3.63, 3.8) is 0 Å². The lowest BCUT2D eigenvalue weighted by Crippen LogP contribution is -2.05. The quantitative estimate of drug-likeness (QED) is 0.769. The van der Waals surface area contributed by atoms with E-state index in [1.54, 1.807) is 32.5 Å². The molecule has 19 heavy (non-hydrogen) atoms. The molecule has 0 atom stereocenters. The normalized spacial score (nSPS) is 10.2. The second kappa shape index (κ2) is 6.03. The summed E-state index contributed by atoms with van der Waals surface area (Å²) in [6, 6.07) is 7.49. The standard InChI is InChI=1S/C14H14N2O3/c1-17-5-6-19-13-8-12-10(7-11(13)9-15)3-4-16-14(12)18-2/h3-4,7-8H,5-6H2,1-2H3. The molecular formula is C14H14N2O3. The zero-order valence-electron chi connectivity index (χ0n) is 10.8. The second-order valence-electron chi connectivity index (χ2n) is 3.84. The number of nitriles is 1. The summed E-state index contributed by atoms with van der Waals surface area (Å²) in [4.78, 5) is 4.13. The number of fused-ring (bicyclic) bond motifs is 1. The molecule has 0 radical (unpaired) electrons. The Balaban J connectivity index is 2.47. The fraction of sp³-hybridized carbons (Fsp3) is 0.286. The smallest absolute Gasteiger partial charge is 0.221 e. The molecule has 1 heterocycles. The lowest BCUT2D eigenvalue weighted by molar-refractivity contribution is 0.146. The zero-order valence-corrected chi connectivity index (χ0v) is 10.8. The van der Waals surface area contributed by atoms with Gasteiger partial charge in [-0.15, -0.1) is 0 Å². The third-order valence-electron chi connectivity index (χ3n) is 2.69. The van der Waals surface area contributed by atoms with Crippen molar-refractivity contribution >= 4 is 10.8 Å². The van der Waals surface area contributed by atoms with Crippen LogP contribution in [0.25, 0.3) is 10.8 Å². The van der Waals surface area contributed by atoms with Gasteiger partial charge in [0.2, 0.25) is 5.88 Å². The molecule has 0 saturated carbocycles. The summed E-state index contributed by atoms with van der Waals surface area (Å²) in [6.45, 7) is 0.854. The van der Waals surface area contributed by atoms with Gasteiger partial charge in [-0.1, -0.05) is 0 Å². The lowest BCUT2D eigenvalue weighted by Gasteiger charge is -2.10. The van der Waals surface area contributed by atoms with Gasteiger partial charge in [-0.25, -0.2) is 4.98 Å². The number of benzene rings is 1. The molecule has 0 unspecified atom stereocenters. The highest BCUT2D eigenvalue weighted by Crippen LogP contribution is 2.30. The van der Waals surface area contributed by atoms with Gasteiger partial charge in [0.15, 0.2) is 0 Å². The van der Waals surface area contributed by atoms with Gasteiger partial charge in [0.1, 0.15) is 18.4 Å². The average Bonchev–Trinajstić information content (AvgIpc) is 2.46. The highest BCUT2D eigenvalue weighted by atomic mass is 16.5. The van der Waals surface area contributed by atoms with Gasteiger partial charge in [0, 0.05) is 18.7 Å². The first kappa shape index (κ1) is 13.1. The minimum absolute atomic E-state index is 0.388. The summed E-state index contributed by atoms with van der Waals surface area (Å²) in [5.41, 5.74) is 0.483. The highest BCUT2D eigenvalue weighted by Gasteiger charge is 2.10. The summed E-state index contributed by atoms with van der Waals surface area (Å²) >= 11 is 0. The lowest BCUT2D eigenvalue weighted by atomic mass is 10.1. The van der Waals surface area contributed by atoms with Gasteiger partial charge >= 0.3 is 0 Å². The number of rotatable bonds is 5. The number of methoxy groups -OCH3 is 2. The maximum absolute atomic E-state index is 9.15. The minimum Gasteiger partial charge on any atom is -0.490 e. The molecule has 5 heteroatoms. The molecule has 0 aliphatic heterocycles. The van der Waals surface area contributed by atoms with E-state index in [0.717, 1.165) is 10.8 Å². The molecule has 5 nitrogen and oxygen atoms in total. The SMILES string of the molecule is COCCOc1cc2c(OC)nccc2cc1C#N. The molecule has 2 aromatic rings. The molecule has 2 rings (SSSR count). The molecule has 0 aliphatic rings. The fourth-order valence-corrected chi connectivity index (χ4v) is 1.78. The molecule has 0 amide bonds. The Hall–Kier alpha value is -2.32. The highest BCUT2D eigenvalue weighted by molar-refractivity contribution is 5.89. The minimum atomic E-state index is 0.388. The molecular weight excluding hydrogens is 244 g/mol. The maximum atomic E-state index is 9.15. The predicted octanol–water partition coefficient (Wildman–Crippen LogP) is 2.14. The van der Waals surface area contributed by atoms with Crippen molar-refractivity contribution in [2.45, 2.75) is 0 Å². The van der Waals surface area contributed by atoms with Gasteiger partial charge in [0.25, 0.3) is 0 Å². The molecule has 1 aromatic heterocycles. The predicted molar refractivity (Wildman–Crippen MR) is 70.4 cm³/mol. The summed E-state index contributed by atoms with van der Waals surface area (Å²) in [7, 11) is 3.16. The van der Waals surface area contributed by atoms with Crippen LogP contribution in [0.2, 0.25) is 0 Å². The van der Waals surface area contributed by atoms with Crippen LogP contribution in [-0.2, 0) is 4.74 Å². The van der Waals surface area contributed by atoms with Gasteiger partial charge in [-0.2, -0.15) is 5.26 Å². The van der Waals surface area contributed by atoms with Crippen LogP contribution in [0.3, 0.4) is 0 Å². The van der Waals surface area contributed by atoms with E-state index < -0.39 is 0 Å². The van der Waals surface area contributed by atoms with E-state index in [2.05, 4.69) is 11.1 Å². The topological polar surface area (TPSA) is 64.4 Å². The van der Waals surface area contributed by atoms with Crippen LogP contribution in [-0.4, -0.2) is 32.4 Å². The summed E-state index contributed by atoms with van der Waals surface area (Å²) in [6.07, 6.45) is 1.65. The van der Waals surface area contributed by atoms with Crippen molar-refractivity contribution in [2.75, 3.05) is 27.4 Å². The van der Waals surface area contributed by atoms with E-state index in [1.807, 2.05) is 6.07 Å². The third kappa shape index (κ3) is 2.75. The first-order chi connectivity index (χ1) is 9.30. The number of hydrogen-bond donors (Lipinski definition) is 0. The van der Waals surface area contributed by atoms with Crippen molar-refractivity contribution in [2.24, 2.45) is 0 Å². The van der Waals surface area contributed by atoms with Crippen LogP contribution in [0.4, 0.5) is 0 Å². The zero-order chi connectivity index (χ0) is 13.7. The van der Waals surface area contributed by atoms with E-state index >= 15 is 0 Å². The number of nitrogens with zero attached hydrogens (tertiary/aromatic N) is 2. The van der Waals surface area contributed by atoms with Crippen LogP contribution in [0.1, 0.15) is 5.56 Å². The monoisotopic (exact) mass is 258 g/mol. The molecule has 0 N–H and O–H groups in total. The molecule has 0 saturated heterocycles. The Labute approximate surface area is 111 Å². The summed E-state index contributed by atoms with van der Waals surface area (Å²) in [5, 5.41) is 10.9. The number of aromatic nitrogens is 1. The Morgan fingerprint density at radius 2 is 2.11 bits per heavy atom. The van der Waals surface area contributed by atoms with Crippen LogP contribution < -0.4 is 9.47 Å². The summed E-state index contributed by atoms with van der Waals surface area (Å²) in [5.74, 6) is 1.02. The van der Waals surface area contributed by atoms with E-state index in [1.165, 1.54) is 0 Å². The van der Waals surface area contributed by atoms with Gasteiger partial charge in [-0.05, 0) is 23.6 Å². The number of pyridine rings is 1. The first-order valence-corrected chi connectivity index (χ1v) is 5.78. The van der Waals surface area contributed by atoms with Crippen molar-refractivity contribution < 1.29 is 14.2 Å². The largest absolute Gasteiger partial charge is 0.490 e. The maximum Gasteiger partial charge on any atom is 0.221 e. The Bertz CT molecular complexity index is 620. The van der Waals surface area contributed by atoms with Crippen LogP contribution >= 0.6 is 0 Å². The number of ether oxygens (including phenoxy) is 3. The van der Waals surface area contributed by atoms with Crippen molar-refractivity contribution in [1.29, 1.82) is 5.26 Å². The van der Waals surface area contributed by atoms with Crippen molar-refractivity contribution in [3.8, 4) is 17.7 Å². The van der Waals surface area contributed by atoms with Gasteiger partial charge in [-0.3, -0.25) is 0 Å². The van der Waals surface area contributed by atoms with Gasteiger partial charge in [0.05, 0.1) is 19.3 Å². The Morgan fingerprint density at radius 3 is 2.79 bits per heavy atom. The van der Waals surface area contributed by atoms with E-state index in [4.69, 9.17) is 19.5 Å². The molecule has 0 bridgehead atoms. The molecule has 0 spiro atoms. The van der Waals surface area contributed by atoms with Crippen LogP contribution in [0.5, 0.6) is 11.6 Å². The first-order valence-electron chi connectivity index (χ1n) is 5.78. The summed E-state index contributed by atoms with van der Waals surface area (Å²) < 4.78 is 15.7. The van der Waals surface area contributed by atoms with Crippen molar-refractivity contribution in [1.82, 2.24) is 4.98 Å². The third-order valence-corrected chi connectivity index (χ3v) is 2.69. The molecule has 1 aromatic carbocycles. The van der Waals surface area contributed by atoms with Crippen molar-refractivity contribution in [3.05, 3.63) is 30.0 Å². The molecule has 98 valence electrons. The number of hydrogen-bond acceptors (Lipinski definition) is 5. The second-order valence-corrected chi connectivity index (χ2v) is 3.84. The van der Waals surface area contributed by atoms with E-state index in [9.17, 15) is 0 Å². The van der Waals surface area contributed by atoms with E-state index in [-0.39, 0.29) is 0 Å². The fourth-order valence-electron chi connectivity index (χ4n) is 1.78. The Kier molecular flexibility index (Phi) is 4.16. The van der Waals surface area contributed by atoms with Crippen LogP contribution in [0.15, 0.2) is 24.4 Å². The van der Waals surface area contributed by atoms with E-state index in [0.29, 0.717) is 30.4 Å². The average molecular weight is 258 g/mol. The Morgan fingerprint density at radius 1 is 1.26 bits per heavy atom. The molecule has 0 fully saturated rings. The molecule has 0 aliphatic carbocycles. The van der Waals surface area contributed by atoms with Gasteiger partial charge < -0.3 is 14.2 Å². The van der Waals surface area contributed by atoms with Crippen LogP contribution in [0, 0.1) is 11.3 Å².